The molecule has 1 aromatic carbocycles. The van der Waals surface area contributed by atoms with Crippen LogP contribution in [0.2, 0.25) is 5.02 Å². The molecule has 0 radical (unpaired) electrons. The van der Waals surface area contributed by atoms with Gasteiger partial charge < -0.3 is 5.73 Å². The Morgan fingerprint density at radius 3 is 2.25 bits per heavy atom. The second kappa shape index (κ2) is 6.23. The molecule has 90 valence electrons. The molecule has 1 aromatic rings. The zero-order valence-electron chi connectivity index (χ0n) is 9.02. The zero-order chi connectivity index (χ0) is 12.0. The number of unbranched alkanes of at least 4 members (excludes halogenated alkanes) is 2. The summed E-state index contributed by atoms with van der Waals surface area (Å²) in [7, 11) is -3.16. The van der Waals surface area contributed by atoms with Crippen LogP contribution < -0.4 is 5.73 Å². The van der Waals surface area contributed by atoms with Gasteiger partial charge in [-0.2, -0.15) is 0 Å². The molecule has 2 N–H and O–H groups in total. The van der Waals surface area contributed by atoms with E-state index >= 15 is 0 Å². The molecule has 0 saturated carbocycles. The van der Waals surface area contributed by atoms with Gasteiger partial charge in [0.15, 0.2) is 9.84 Å². The zero-order valence-corrected chi connectivity index (χ0v) is 10.6. The number of rotatable bonds is 6. The Morgan fingerprint density at radius 2 is 1.69 bits per heavy atom. The lowest BCUT2D eigenvalue weighted by atomic mass is 10.2. The van der Waals surface area contributed by atoms with Crippen molar-refractivity contribution in [3.8, 4) is 0 Å². The van der Waals surface area contributed by atoms with Crippen molar-refractivity contribution in [1.82, 2.24) is 0 Å². The van der Waals surface area contributed by atoms with Gasteiger partial charge in [-0.25, -0.2) is 8.42 Å². The lowest BCUT2D eigenvalue weighted by molar-refractivity contribution is 0.590. The maximum atomic E-state index is 11.8. The van der Waals surface area contributed by atoms with Crippen LogP contribution in [0.5, 0.6) is 0 Å². The molecule has 0 aliphatic rings. The SMILES string of the molecule is NCCCCCS(=O)(=O)c1ccc(Cl)cc1. The highest BCUT2D eigenvalue weighted by atomic mass is 35.5. The van der Waals surface area contributed by atoms with Crippen LogP contribution in [0.1, 0.15) is 19.3 Å². The van der Waals surface area contributed by atoms with Crippen molar-refractivity contribution < 1.29 is 8.42 Å². The topological polar surface area (TPSA) is 60.2 Å². The van der Waals surface area contributed by atoms with Gasteiger partial charge in [0.25, 0.3) is 0 Å². The smallest absolute Gasteiger partial charge is 0.178 e. The monoisotopic (exact) mass is 261 g/mol. The van der Waals surface area contributed by atoms with Gasteiger partial charge in [0.1, 0.15) is 0 Å². The fourth-order valence-corrected chi connectivity index (χ4v) is 2.87. The number of hydrogen-bond donors (Lipinski definition) is 1. The first-order valence-electron chi connectivity index (χ1n) is 5.24. The minimum Gasteiger partial charge on any atom is -0.330 e. The van der Waals surface area contributed by atoms with Crippen LogP contribution >= 0.6 is 11.6 Å². The Morgan fingerprint density at radius 1 is 1.06 bits per heavy atom. The highest BCUT2D eigenvalue weighted by molar-refractivity contribution is 7.91. The van der Waals surface area contributed by atoms with E-state index in [1.807, 2.05) is 0 Å². The number of nitrogens with two attached hydrogens (primary N) is 1. The normalized spacial score (nSPS) is 11.6. The maximum absolute atomic E-state index is 11.8. The number of halogens is 1. The third kappa shape index (κ3) is 4.12. The summed E-state index contributed by atoms with van der Waals surface area (Å²) in [5, 5.41) is 0.544. The van der Waals surface area contributed by atoms with Crippen LogP contribution in [0, 0.1) is 0 Å². The maximum Gasteiger partial charge on any atom is 0.178 e. The van der Waals surface area contributed by atoms with Gasteiger partial charge in [-0.3, -0.25) is 0 Å². The Kier molecular flexibility index (Phi) is 5.25. The van der Waals surface area contributed by atoms with Crippen LogP contribution in [-0.4, -0.2) is 20.7 Å². The summed E-state index contributed by atoms with van der Waals surface area (Å²) < 4.78 is 23.7. The second-order valence-corrected chi connectivity index (χ2v) is 6.17. The molecule has 1 rings (SSSR count). The fraction of sp³-hybridized carbons (Fsp3) is 0.455. The van der Waals surface area contributed by atoms with Gasteiger partial charge in [0.05, 0.1) is 10.6 Å². The van der Waals surface area contributed by atoms with E-state index in [1.54, 1.807) is 24.3 Å². The van der Waals surface area contributed by atoms with E-state index in [-0.39, 0.29) is 5.75 Å². The van der Waals surface area contributed by atoms with Crippen LogP contribution in [0.25, 0.3) is 0 Å². The molecule has 0 heterocycles. The third-order valence-electron chi connectivity index (χ3n) is 2.29. The second-order valence-electron chi connectivity index (χ2n) is 3.62. The molecule has 0 unspecified atom stereocenters. The van der Waals surface area contributed by atoms with E-state index in [1.165, 1.54) is 0 Å². The van der Waals surface area contributed by atoms with Gasteiger partial charge in [-0.05, 0) is 43.7 Å². The van der Waals surface area contributed by atoms with Crippen molar-refractivity contribution in [1.29, 1.82) is 0 Å². The van der Waals surface area contributed by atoms with Gasteiger partial charge in [-0.1, -0.05) is 18.0 Å². The largest absolute Gasteiger partial charge is 0.330 e. The highest BCUT2D eigenvalue weighted by Gasteiger charge is 2.13. The molecule has 0 fully saturated rings. The summed E-state index contributed by atoms with van der Waals surface area (Å²) in [5.41, 5.74) is 5.34. The third-order valence-corrected chi connectivity index (χ3v) is 4.36. The quantitative estimate of drug-likeness (QED) is 0.799. The predicted molar refractivity (Wildman–Crippen MR) is 66.4 cm³/mol. The predicted octanol–water partition coefficient (Wildman–Crippen LogP) is 2.24. The Bertz CT molecular complexity index is 414. The van der Waals surface area contributed by atoms with Gasteiger partial charge in [0.2, 0.25) is 0 Å². The average molecular weight is 262 g/mol. The van der Waals surface area contributed by atoms with E-state index in [4.69, 9.17) is 17.3 Å². The van der Waals surface area contributed by atoms with E-state index in [0.29, 0.717) is 22.9 Å². The molecule has 0 bridgehead atoms. The van der Waals surface area contributed by atoms with Crippen LogP contribution in [0.3, 0.4) is 0 Å². The van der Waals surface area contributed by atoms with Crippen molar-refractivity contribution in [3.63, 3.8) is 0 Å². The molecule has 5 heteroatoms. The average Bonchev–Trinajstić information content (AvgIpc) is 2.25. The summed E-state index contributed by atoms with van der Waals surface area (Å²) in [6, 6.07) is 6.27. The van der Waals surface area contributed by atoms with Gasteiger partial charge in [-0.15, -0.1) is 0 Å². The van der Waals surface area contributed by atoms with Crippen molar-refractivity contribution in [3.05, 3.63) is 29.3 Å². The van der Waals surface area contributed by atoms with E-state index in [0.717, 1.165) is 12.8 Å². The first-order chi connectivity index (χ1) is 7.56. The van der Waals surface area contributed by atoms with Crippen molar-refractivity contribution >= 4 is 21.4 Å². The Labute approximate surface area is 102 Å². The van der Waals surface area contributed by atoms with E-state index in [9.17, 15) is 8.42 Å². The lowest BCUT2D eigenvalue weighted by Gasteiger charge is -2.04. The minimum absolute atomic E-state index is 0.175. The molecule has 3 nitrogen and oxygen atoms in total. The molecule has 0 aliphatic heterocycles. The van der Waals surface area contributed by atoms with E-state index < -0.39 is 9.84 Å². The summed E-state index contributed by atoms with van der Waals surface area (Å²) in [4.78, 5) is 0.338. The van der Waals surface area contributed by atoms with Crippen molar-refractivity contribution in [2.24, 2.45) is 5.73 Å². The Balaban J connectivity index is 2.60. The molecule has 0 aromatic heterocycles. The van der Waals surface area contributed by atoms with Crippen molar-refractivity contribution in [2.75, 3.05) is 12.3 Å². The van der Waals surface area contributed by atoms with Gasteiger partial charge in [0, 0.05) is 5.02 Å². The van der Waals surface area contributed by atoms with Crippen LogP contribution in [-0.2, 0) is 9.84 Å². The standard InChI is InChI=1S/C11H16ClNO2S/c12-10-4-6-11(7-5-10)16(14,15)9-3-1-2-8-13/h4-7H,1-3,8-9,13H2. The van der Waals surface area contributed by atoms with Gasteiger partial charge >= 0.3 is 0 Å². The van der Waals surface area contributed by atoms with Crippen LogP contribution in [0.4, 0.5) is 0 Å². The first-order valence-corrected chi connectivity index (χ1v) is 7.27. The number of hydrogen-bond acceptors (Lipinski definition) is 3. The minimum atomic E-state index is -3.16. The first kappa shape index (κ1) is 13.5. The molecule has 0 amide bonds. The highest BCUT2D eigenvalue weighted by Crippen LogP contribution is 2.16. The summed E-state index contributed by atoms with van der Waals surface area (Å²) in [5.74, 6) is 0.175. The fourth-order valence-electron chi connectivity index (χ4n) is 1.37. The summed E-state index contributed by atoms with van der Waals surface area (Å²) in [6.45, 7) is 0.612. The van der Waals surface area contributed by atoms with E-state index in [2.05, 4.69) is 0 Å². The molecule has 0 atom stereocenters. The lowest BCUT2D eigenvalue weighted by Crippen LogP contribution is -2.07. The Hall–Kier alpha value is -0.580. The van der Waals surface area contributed by atoms with Crippen molar-refractivity contribution in [2.45, 2.75) is 24.2 Å². The summed E-state index contributed by atoms with van der Waals surface area (Å²) in [6.07, 6.45) is 2.38. The molecule has 16 heavy (non-hydrogen) atoms. The molecular weight excluding hydrogens is 246 g/mol. The number of benzene rings is 1. The van der Waals surface area contributed by atoms with Crippen LogP contribution in [0.15, 0.2) is 29.2 Å². The molecular formula is C11H16ClNO2S. The number of sulfone groups is 1. The molecule has 0 spiro atoms. The molecule has 0 aliphatic carbocycles. The molecule has 0 saturated heterocycles. The summed E-state index contributed by atoms with van der Waals surface area (Å²) >= 11 is 5.70.